The number of allylic oxidation sites excluding steroid dienone is 1. The number of carboxylic acids is 1. The van der Waals surface area contributed by atoms with Crippen molar-refractivity contribution in [1.82, 2.24) is 0 Å². The molecule has 0 spiro atoms. The molecule has 2 atom stereocenters. The average molecular weight is 425 g/mol. The van der Waals surface area contributed by atoms with Crippen LogP contribution in [-0.4, -0.2) is 40.5 Å². The van der Waals surface area contributed by atoms with Crippen LogP contribution in [0.25, 0.3) is 0 Å². The molecule has 0 aromatic heterocycles. The molecule has 1 saturated carbocycles. The molecule has 0 aromatic rings. The quantitative estimate of drug-likeness (QED) is 0.214. The molecule has 1 rings (SSSR count). The van der Waals surface area contributed by atoms with Crippen LogP contribution in [-0.2, 0) is 14.3 Å². The van der Waals surface area contributed by atoms with E-state index in [9.17, 15) is 24.9 Å². The van der Waals surface area contributed by atoms with Gasteiger partial charge in [-0.2, -0.15) is 0 Å². The Bertz CT molecular complexity index is 615. The molecule has 0 bridgehead atoms. The fraction of sp³-hybridized carbons (Fsp3) is 0.750. The van der Waals surface area contributed by atoms with Gasteiger partial charge in [0.1, 0.15) is 5.76 Å². The topological polar surface area (TPSA) is 104 Å². The third-order valence-electron chi connectivity index (χ3n) is 6.40. The molecule has 0 radical (unpaired) electrons. The molecule has 0 heterocycles. The van der Waals surface area contributed by atoms with Gasteiger partial charge in [-0.1, -0.05) is 58.6 Å². The van der Waals surface area contributed by atoms with E-state index in [1.54, 1.807) is 18.2 Å². The van der Waals surface area contributed by atoms with Gasteiger partial charge in [0.15, 0.2) is 5.41 Å². The second-order valence-corrected chi connectivity index (χ2v) is 9.22. The molecular formula is C24H40O6. The number of esters is 1. The largest absolute Gasteiger partial charge is 0.511 e. The molecule has 6 nitrogen and oxygen atoms in total. The van der Waals surface area contributed by atoms with Gasteiger partial charge in [0.25, 0.3) is 0 Å². The zero-order valence-corrected chi connectivity index (χ0v) is 19.0. The highest BCUT2D eigenvalue weighted by atomic mass is 16.5. The summed E-state index contributed by atoms with van der Waals surface area (Å²) in [6.07, 6.45) is 10.3. The Morgan fingerprint density at radius 3 is 2.33 bits per heavy atom. The van der Waals surface area contributed by atoms with Crippen LogP contribution in [0, 0.1) is 16.7 Å². The maximum Gasteiger partial charge on any atom is 0.320 e. The van der Waals surface area contributed by atoms with Gasteiger partial charge in [0.2, 0.25) is 0 Å². The lowest BCUT2D eigenvalue weighted by Crippen LogP contribution is -2.49. The van der Waals surface area contributed by atoms with Crippen molar-refractivity contribution in [2.24, 2.45) is 16.7 Å². The van der Waals surface area contributed by atoms with Crippen LogP contribution in [0.15, 0.2) is 24.0 Å². The van der Waals surface area contributed by atoms with Gasteiger partial charge in [0.05, 0.1) is 19.6 Å². The van der Waals surface area contributed by atoms with Crippen molar-refractivity contribution in [3.63, 3.8) is 0 Å². The normalized spacial score (nSPS) is 19.0. The minimum Gasteiger partial charge on any atom is -0.511 e. The first kappa shape index (κ1) is 26.2. The highest BCUT2D eigenvalue weighted by molar-refractivity contribution is 5.79. The highest BCUT2D eigenvalue weighted by Crippen LogP contribution is 2.48. The summed E-state index contributed by atoms with van der Waals surface area (Å²) in [5.41, 5.74) is -1.79. The molecule has 1 aliphatic carbocycles. The van der Waals surface area contributed by atoms with E-state index in [-0.39, 0.29) is 29.9 Å². The number of methoxy groups -OCH3 is 1. The van der Waals surface area contributed by atoms with Crippen LogP contribution >= 0.6 is 0 Å². The number of aliphatic carboxylic acids is 1. The van der Waals surface area contributed by atoms with Crippen LogP contribution in [0.4, 0.5) is 0 Å². The Kier molecular flexibility index (Phi) is 10.6. The second kappa shape index (κ2) is 12.1. The van der Waals surface area contributed by atoms with E-state index in [1.165, 1.54) is 7.11 Å². The van der Waals surface area contributed by atoms with Crippen LogP contribution in [0.3, 0.4) is 0 Å². The number of unbranched alkanes of at least 4 members (excludes halogenated alkanes) is 1. The zero-order chi connectivity index (χ0) is 22.8. The van der Waals surface area contributed by atoms with Gasteiger partial charge in [-0.3, -0.25) is 9.59 Å². The summed E-state index contributed by atoms with van der Waals surface area (Å²) in [4.78, 5) is 23.8. The molecule has 0 saturated heterocycles. The van der Waals surface area contributed by atoms with E-state index < -0.39 is 23.5 Å². The SMILES string of the molecule is CCCCC(C)(C)C/C=C(/O)[C@](C(=O)O)(C1CCCC1)[C@H](O)C/C=C\CC(=O)OC. The molecule has 172 valence electrons. The molecular weight excluding hydrogens is 384 g/mol. The van der Waals surface area contributed by atoms with Crippen LogP contribution in [0.5, 0.6) is 0 Å². The van der Waals surface area contributed by atoms with Gasteiger partial charge in [0, 0.05) is 0 Å². The molecule has 1 fully saturated rings. The van der Waals surface area contributed by atoms with E-state index in [2.05, 4.69) is 25.5 Å². The fourth-order valence-corrected chi connectivity index (χ4v) is 4.43. The minimum absolute atomic E-state index is 0.0386. The van der Waals surface area contributed by atoms with Gasteiger partial charge >= 0.3 is 11.9 Å². The molecule has 1 aliphatic rings. The Balaban J connectivity index is 3.14. The third-order valence-corrected chi connectivity index (χ3v) is 6.40. The first-order valence-corrected chi connectivity index (χ1v) is 11.1. The highest BCUT2D eigenvalue weighted by Gasteiger charge is 2.55. The number of ether oxygens (including phenoxy) is 1. The van der Waals surface area contributed by atoms with Crippen molar-refractivity contribution in [3.8, 4) is 0 Å². The lowest BCUT2D eigenvalue weighted by atomic mass is 9.67. The molecule has 0 amide bonds. The van der Waals surface area contributed by atoms with E-state index in [0.29, 0.717) is 19.3 Å². The van der Waals surface area contributed by atoms with Crippen molar-refractivity contribution in [2.45, 2.75) is 91.1 Å². The van der Waals surface area contributed by atoms with Gasteiger partial charge in [-0.15, -0.1) is 0 Å². The monoisotopic (exact) mass is 424 g/mol. The first-order valence-electron chi connectivity index (χ1n) is 11.1. The van der Waals surface area contributed by atoms with Crippen molar-refractivity contribution < 1.29 is 29.6 Å². The molecule has 30 heavy (non-hydrogen) atoms. The van der Waals surface area contributed by atoms with Gasteiger partial charge in [-0.05, 0) is 49.5 Å². The molecule has 3 N–H and O–H groups in total. The van der Waals surface area contributed by atoms with Crippen molar-refractivity contribution in [1.29, 1.82) is 0 Å². The Hall–Kier alpha value is -1.82. The summed E-state index contributed by atoms with van der Waals surface area (Å²) in [6, 6.07) is 0. The van der Waals surface area contributed by atoms with Crippen LogP contribution in [0.1, 0.15) is 85.0 Å². The summed E-state index contributed by atoms with van der Waals surface area (Å²) < 4.78 is 4.58. The summed E-state index contributed by atoms with van der Waals surface area (Å²) in [7, 11) is 1.30. The molecule has 6 heteroatoms. The molecule has 0 unspecified atom stereocenters. The predicted molar refractivity (Wildman–Crippen MR) is 117 cm³/mol. The summed E-state index contributed by atoms with van der Waals surface area (Å²) in [5, 5.41) is 32.3. The number of carbonyl (C=O) groups is 2. The number of hydrogen-bond acceptors (Lipinski definition) is 5. The fourth-order valence-electron chi connectivity index (χ4n) is 4.43. The zero-order valence-electron chi connectivity index (χ0n) is 19.0. The lowest BCUT2D eigenvalue weighted by molar-refractivity contribution is -0.161. The number of aliphatic hydroxyl groups excluding tert-OH is 2. The average Bonchev–Trinajstić information content (AvgIpc) is 3.23. The summed E-state index contributed by atoms with van der Waals surface area (Å²) >= 11 is 0. The van der Waals surface area contributed by atoms with Crippen molar-refractivity contribution in [3.05, 3.63) is 24.0 Å². The Labute approximate surface area is 181 Å². The number of carbonyl (C=O) groups excluding carboxylic acids is 1. The number of rotatable bonds is 13. The van der Waals surface area contributed by atoms with Crippen LogP contribution in [0.2, 0.25) is 0 Å². The van der Waals surface area contributed by atoms with E-state index in [0.717, 1.165) is 32.1 Å². The number of hydrogen-bond donors (Lipinski definition) is 3. The maximum atomic E-state index is 12.5. The van der Waals surface area contributed by atoms with Crippen molar-refractivity contribution >= 4 is 11.9 Å². The minimum atomic E-state index is -1.73. The standard InChI is InChI=1S/C24H40O6/c1-5-6-16-23(2,3)17-15-20(26)24(22(28)29,18-11-7-8-12-18)19(25)13-9-10-14-21(27)30-4/h9-10,15,18-19,25-26H,5-8,11-14,16-17H2,1-4H3,(H,28,29)/b10-9-,20-15+/t19-,24+/m1/s1. The Morgan fingerprint density at radius 1 is 1.17 bits per heavy atom. The molecule has 0 aliphatic heterocycles. The summed E-state index contributed by atoms with van der Waals surface area (Å²) in [6.45, 7) is 6.34. The predicted octanol–water partition coefficient (Wildman–Crippen LogP) is 5.17. The van der Waals surface area contributed by atoms with Crippen molar-refractivity contribution in [2.75, 3.05) is 7.11 Å². The van der Waals surface area contributed by atoms with E-state index >= 15 is 0 Å². The summed E-state index contributed by atoms with van der Waals surface area (Å²) in [5.74, 6) is -2.16. The molecule has 0 aromatic carbocycles. The van der Waals surface area contributed by atoms with Gasteiger partial charge < -0.3 is 20.1 Å². The smallest absolute Gasteiger partial charge is 0.320 e. The first-order chi connectivity index (χ1) is 14.1. The lowest BCUT2D eigenvalue weighted by Gasteiger charge is -2.38. The maximum absolute atomic E-state index is 12.5. The van der Waals surface area contributed by atoms with Crippen LogP contribution < -0.4 is 0 Å². The van der Waals surface area contributed by atoms with Gasteiger partial charge in [-0.25, -0.2) is 0 Å². The number of carboxylic acid groups (broad SMARTS) is 1. The Morgan fingerprint density at radius 2 is 1.80 bits per heavy atom. The third kappa shape index (κ3) is 6.86. The van der Waals surface area contributed by atoms with E-state index in [1.807, 2.05) is 0 Å². The second-order valence-electron chi connectivity index (χ2n) is 9.22. The number of aliphatic hydroxyl groups is 2. The van der Waals surface area contributed by atoms with E-state index in [4.69, 9.17) is 0 Å².